The van der Waals surface area contributed by atoms with Crippen LogP contribution in [0.5, 0.6) is 0 Å². The fourth-order valence-corrected chi connectivity index (χ4v) is 4.21. The molecule has 19 heavy (non-hydrogen) atoms. The normalized spacial score (nSPS) is 33.6. The molecule has 3 unspecified atom stereocenters. The molecule has 3 atom stereocenters. The number of nitrogens with one attached hydrogen (secondary N) is 1. The van der Waals surface area contributed by atoms with E-state index in [0.29, 0.717) is 11.6 Å². The molecule has 0 heterocycles. The Kier molecular flexibility index (Phi) is 5.30. The highest BCUT2D eigenvalue weighted by molar-refractivity contribution is 5.02. The summed E-state index contributed by atoms with van der Waals surface area (Å²) in [6, 6.07) is 0.691. The van der Waals surface area contributed by atoms with Crippen LogP contribution in [0, 0.1) is 11.8 Å². The van der Waals surface area contributed by atoms with Crippen LogP contribution in [0.1, 0.15) is 65.2 Å². The van der Waals surface area contributed by atoms with Crippen LogP contribution in [0.4, 0.5) is 0 Å². The quantitative estimate of drug-likeness (QED) is 0.756. The highest BCUT2D eigenvalue weighted by Gasteiger charge is 2.43. The topological polar surface area (TPSA) is 15.3 Å². The first-order valence-corrected chi connectivity index (χ1v) is 8.49. The zero-order valence-electron chi connectivity index (χ0n) is 13.5. The van der Waals surface area contributed by atoms with Gasteiger partial charge in [0.25, 0.3) is 0 Å². The number of hydrogen-bond acceptors (Lipinski definition) is 2. The lowest BCUT2D eigenvalue weighted by Gasteiger charge is -2.50. The van der Waals surface area contributed by atoms with Crippen molar-refractivity contribution in [1.82, 2.24) is 10.2 Å². The fourth-order valence-electron chi connectivity index (χ4n) is 4.21. The van der Waals surface area contributed by atoms with E-state index < -0.39 is 0 Å². The van der Waals surface area contributed by atoms with Gasteiger partial charge in [-0.25, -0.2) is 0 Å². The summed E-state index contributed by atoms with van der Waals surface area (Å²) in [5.41, 5.74) is 0.405. The minimum Gasteiger partial charge on any atom is -0.312 e. The molecule has 0 aromatic heterocycles. The first-order chi connectivity index (χ1) is 9.08. The van der Waals surface area contributed by atoms with Crippen molar-refractivity contribution in [2.75, 3.05) is 20.6 Å². The van der Waals surface area contributed by atoms with E-state index in [2.05, 4.69) is 38.2 Å². The molecule has 2 saturated carbocycles. The third kappa shape index (κ3) is 3.72. The molecule has 0 saturated heterocycles. The van der Waals surface area contributed by atoms with Crippen molar-refractivity contribution in [2.24, 2.45) is 11.8 Å². The van der Waals surface area contributed by atoms with Gasteiger partial charge in [0.05, 0.1) is 0 Å². The van der Waals surface area contributed by atoms with Gasteiger partial charge in [-0.05, 0) is 58.2 Å². The molecule has 0 aromatic carbocycles. The molecule has 0 spiro atoms. The van der Waals surface area contributed by atoms with E-state index in [1.54, 1.807) is 0 Å². The minimum absolute atomic E-state index is 0.405. The van der Waals surface area contributed by atoms with Gasteiger partial charge in [-0.15, -0.1) is 0 Å². The third-order valence-corrected chi connectivity index (χ3v) is 5.56. The number of rotatable bonds is 7. The molecule has 0 aromatic rings. The van der Waals surface area contributed by atoms with Gasteiger partial charge >= 0.3 is 0 Å². The van der Waals surface area contributed by atoms with Gasteiger partial charge < -0.3 is 10.2 Å². The van der Waals surface area contributed by atoms with E-state index in [1.165, 1.54) is 51.4 Å². The summed E-state index contributed by atoms with van der Waals surface area (Å²) >= 11 is 0. The molecule has 1 N–H and O–H groups in total. The number of nitrogens with zero attached hydrogens (tertiary/aromatic N) is 1. The van der Waals surface area contributed by atoms with Crippen LogP contribution in [0.3, 0.4) is 0 Å². The Balaban J connectivity index is 2.06. The molecule has 2 nitrogen and oxygen atoms in total. The molecular formula is C17H34N2. The zero-order chi connectivity index (χ0) is 13.9. The predicted octanol–water partition coefficient (Wildman–Crippen LogP) is 3.67. The van der Waals surface area contributed by atoms with Crippen LogP contribution < -0.4 is 5.32 Å². The van der Waals surface area contributed by atoms with Crippen LogP contribution in [-0.4, -0.2) is 37.1 Å². The first kappa shape index (κ1) is 15.3. The standard InChI is InChI=1S/C17H34N2/c1-5-18-16(11-10-15-8-9-15)17(19(3)4)12-6-7-14(2)13-17/h14-16,18H,5-13H2,1-4H3. The molecule has 0 amide bonds. The van der Waals surface area contributed by atoms with Gasteiger partial charge in [0.15, 0.2) is 0 Å². The number of hydrogen-bond donors (Lipinski definition) is 1. The molecule has 0 bridgehead atoms. The van der Waals surface area contributed by atoms with Crippen LogP contribution in [0.2, 0.25) is 0 Å². The van der Waals surface area contributed by atoms with Gasteiger partial charge in [-0.3, -0.25) is 0 Å². The maximum absolute atomic E-state index is 3.84. The monoisotopic (exact) mass is 266 g/mol. The minimum atomic E-state index is 0.405. The Labute approximate surface area is 120 Å². The molecule has 0 radical (unpaired) electrons. The molecule has 0 aliphatic heterocycles. The lowest BCUT2D eigenvalue weighted by atomic mass is 9.70. The molecule has 2 aliphatic carbocycles. The van der Waals surface area contributed by atoms with Gasteiger partial charge in [-0.2, -0.15) is 0 Å². The van der Waals surface area contributed by atoms with E-state index in [-0.39, 0.29) is 0 Å². The lowest BCUT2D eigenvalue weighted by Crippen LogP contribution is -2.61. The average molecular weight is 266 g/mol. The summed E-state index contributed by atoms with van der Waals surface area (Å²) in [5.74, 6) is 1.94. The summed E-state index contributed by atoms with van der Waals surface area (Å²) in [4.78, 5) is 2.54. The van der Waals surface area contributed by atoms with Crippen LogP contribution in [0.15, 0.2) is 0 Å². The first-order valence-electron chi connectivity index (χ1n) is 8.49. The summed E-state index contributed by atoms with van der Waals surface area (Å²) in [6.45, 7) is 5.82. The number of likely N-dealkylation sites (N-methyl/N-ethyl adjacent to an activating group) is 2. The van der Waals surface area contributed by atoms with Gasteiger partial charge in [-0.1, -0.05) is 39.5 Å². The van der Waals surface area contributed by atoms with Crippen molar-refractivity contribution < 1.29 is 0 Å². The van der Waals surface area contributed by atoms with E-state index in [9.17, 15) is 0 Å². The Hall–Kier alpha value is -0.0800. The molecule has 2 aliphatic rings. The van der Waals surface area contributed by atoms with Crippen molar-refractivity contribution in [3.63, 3.8) is 0 Å². The summed E-state index contributed by atoms with van der Waals surface area (Å²) in [6.07, 6.45) is 11.4. The maximum Gasteiger partial charge on any atom is 0.0358 e. The highest BCUT2D eigenvalue weighted by Crippen LogP contribution is 2.41. The molecule has 112 valence electrons. The van der Waals surface area contributed by atoms with E-state index in [1.807, 2.05) is 0 Å². The van der Waals surface area contributed by atoms with Gasteiger partial charge in [0.1, 0.15) is 0 Å². The molecule has 2 fully saturated rings. The van der Waals surface area contributed by atoms with Crippen LogP contribution in [-0.2, 0) is 0 Å². The smallest absolute Gasteiger partial charge is 0.0358 e. The van der Waals surface area contributed by atoms with Crippen molar-refractivity contribution in [3.05, 3.63) is 0 Å². The largest absolute Gasteiger partial charge is 0.312 e. The SMILES string of the molecule is CCNC(CCC1CC1)C1(N(C)C)CCCC(C)C1. The fraction of sp³-hybridized carbons (Fsp3) is 1.00. The van der Waals surface area contributed by atoms with Crippen molar-refractivity contribution in [3.8, 4) is 0 Å². The summed E-state index contributed by atoms with van der Waals surface area (Å²) in [7, 11) is 4.61. The zero-order valence-corrected chi connectivity index (χ0v) is 13.5. The lowest BCUT2D eigenvalue weighted by molar-refractivity contribution is 0.0337. The van der Waals surface area contributed by atoms with Crippen molar-refractivity contribution in [1.29, 1.82) is 0 Å². The third-order valence-electron chi connectivity index (χ3n) is 5.56. The van der Waals surface area contributed by atoms with Gasteiger partial charge in [0.2, 0.25) is 0 Å². The predicted molar refractivity (Wildman–Crippen MR) is 83.5 cm³/mol. The maximum atomic E-state index is 3.84. The summed E-state index contributed by atoms with van der Waals surface area (Å²) < 4.78 is 0. The Morgan fingerprint density at radius 2 is 2.00 bits per heavy atom. The molecule has 2 rings (SSSR count). The van der Waals surface area contributed by atoms with Crippen molar-refractivity contribution >= 4 is 0 Å². The highest BCUT2D eigenvalue weighted by atomic mass is 15.2. The van der Waals surface area contributed by atoms with Crippen molar-refractivity contribution in [2.45, 2.75) is 76.8 Å². The second kappa shape index (κ2) is 6.58. The summed E-state index contributed by atoms with van der Waals surface area (Å²) in [5, 5.41) is 3.84. The molecular weight excluding hydrogens is 232 g/mol. The Bertz CT molecular complexity index is 272. The van der Waals surface area contributed by atoms with Crippen LogP contribution in [0.25, 0.3) is 0 Å². The second-order valence-electron chi connectivity index (χ2n) is 7.33. The van der Waals surface area contributed by atoms with E-state index in [4.69, 9.17) is 0 Å². The Morgan fingerprint density at radius 1 is 1.26 bits per heavy atom. The second-order valence-corrected chi connectivity index (χ2v) is 7.33. The average Bonchev–Trinajstić information content (AvgIpc) is 3.18. The molecule has 2 heteroatoms. The van der Waals surface area contributed by atoms with Gasteiger partial charge in [0, 0.05) is 11.6 Å². The van der Waals surface area contributed by atoms with E-state index in [0.717, 1.165) is 18.4 Å². The Morgan fingerprint density at radius 3 is 2.53 bits per heavy atom. The van der Waals surface area contributed by atoms with E-state index >= 15 is 0 Å². The van der Waals surface area contributed by atoms with Crippen LogP contribution >= 0.6 is 0 Å².